The number of nitro groups is 1. The zero-order chi connectivity index (χ0) is 16.8. The molecule has 0 bridgehead atoms. The Balaban J connectivity index is 1.76. The van der Waals surface area contributed by atoms with Crippen LogP contribution in [-0.4, -0.2) is 17.4 Å². The maximum atomic E-state index is 11.5. The van der Waals surface area contributed by atoms with Gasteiger partial charge in [0.05, 0.1) is 16.7 Å². The van der Waals surface area contributed by atoms with Crippen molar-refractivity contribution in [3.8, 4) is 5.75 Å². The number of nitrogens with one attached hydrogen (secondary N) is 1. The molecular weight excluding hydrogens is 378 g/mol. The lowest BCUT2D eigenvalue weighted by molar-refractivity contribution is -0.384. The lowest BCUT2D eigenvalue weighted by Crippen LogP contribution is -2.26. The minimum absolute atomic E-state index is 0.0308. The van der Waals surface area contributed by atoms with Crippen LogP contribution in [0.2, 0.25) is 0 Å². The average molecular weight is 390 g/mol. The van der Waals surface area contributed by atoms with E-state index in [1.165, 1.54) is 6.07 Å². The predicted octanol–water partition coefficient (Wildman–Crippen LogP) is 3.21. The van der Waals surface area contributed by atoms with Crippen LogP contribution in [0.4, 0.5) is 17.1 Å². The molecule has 24 heavy (non-hydrogen) atoms. The maximum Gasteiger partial charge on any atom is 0.296 e. The highest BCUT2D eigenvalue weighted by Crippen LogP contribution is 2.42. The van der Waals surface area contributed by atoms with Gasteiger partial charge in [-0.15, -0.1) is 0 Å². The standard InChI is InChI=1S/C16H12BrN3O4/c17-11-2-1-9-6-19(7-10(9)3-11)13-4-12-15(5-14(13)20(22)23)24-8-16(21)18-12/h1-5H,6-8H2,(H,18,21). The molecule has 2 aromatic carbocycles. The van der Waals surface area contributed by atoms with Crippen molar-refractivity contribution in [2.45, 2.75) is 13.1 Å². The minimum Gasteiger partial charge on any atom is -0.481 e. The van der Waals surface area contributed by atoms with Gasteiger partial charge in [0.2, 0.25) is 0 Å². The number of nitro benzene ring substituents is 1. The van der Waals surface area contributed by atoms with E-state index >= 15 is 0 Å². The van der Waals surface area contributed by atoms with E-state index in [1.807, 2.05) is 23.1 Å². The van der Waals surface area contributed by atoms with Crippen LogP contribution in [0.5, 0.6) is 5.75 Å². The second kappa shape index (κ2) is 5.48. The van der Waals surface area contributed by atoms with Crippen molar-refractivity contribution >= 4 is 38.9 Å². The summed E-state index contributed by atoms with van der Waals surface area (Å²) in [5.41, 5.74) is 3.15. The van der Waals surface area contributed by atoms with E-state index in [2.05, 4.69) is 21.2 Å². The highest BCUT2D eigenvalue weighted by atomic mass is 79.9. The first-order valence-corrected chi connectivity index (χ1v) is 8.08. The Kier molecular flexibility index (Phi) is 3.42. The zero-order valence-corrected chi connectivity index (χ0v) is 14.0. The number of rotatable bonds is 2. The SMILES string of the molecule is O=C1COc2cc([N+](=O)[O-])c(N3Cc4ccc(Br)cc4C3)cc2N1. The van der Waals surface area contributed by atoms with Gasteiger partial charge in [-0.2, -0.15) is 0 Å². The van der Waals surface area contributed by atoms with Crippen LogP contribution >= 0.6 is 15.9 Å². The van der Waals surface area contributed by atoms with Crippen molar-refractivity contribution < 1.29 is 14.5 Å². The number of hydrogen-bond donors (Lipinski definition) is 1. The Labute approximate surface area is 145 Å². The molecule has 7 nitrogen and oxygen atoms in total. The van der Waals surface area contributed by atoms with Gasteiger partial charge in [-0.1, -0.05) is 22.0 Å². The topological polar surface area (TPSA) is 84.7 Å². The highest BCUT2D eigenvalue weighted by Gasteiger charge is 2.29. The fraction of sp³-hybridized carbons (Fsp3) is 0.188. The van der Waals surface area contributed by atoms with Crippen LogP contribution in [0, 0.1) is 10.1 Å². The number of halogens is 1. The second-order valence-electron chi connectivity index (χ2n) is 5.70. The number of fused-ring (bicyclic) bond motifs is 2. The molecular formula is C16H12BrN3O4. The average Bonchev–Trinajstić information content (AvgIpc) is 2.96. The number of amides is 1. The van der Waals surface area contributed by atoms with E-state index < -0.39 is 4.92 Å². The summed E-state index contributed by atoms with van der Waals surface area (Å²) in [5, 5.41) is 14.2. The molecule has 0 saturated carbocycles. The fourth-order valence-electron chi connectivity index (χ4n) is 3.04. The summed E-state index contributed by atoms with van der Waals surface area (Å²) in [6.07, 6.45) is 0. The van der Waals surface area contributed by atoms with Crippen molar-refractivity contribution in [2.24, 2.45) is 0 Å². The van der Waals surface area contributed by atoms with E-state index in [-0.39, 0.29) is 18.2 Å². The van der Waals surface area contributed by atoms with Gasteiger partial charge in [0.25, 0.3) is 11.6 Å². The first-order chi connectivity index (χ1) is 11.5. The molecule has 1 amide bonds. The lowest BCUT2D eigenvalue weighted by atomic mass is 10.1. The number of carbonyl (C=O) groups excluding carboxylic acids is 1. The lowest BCUT2D eigenvalue weighted by Gasteiger charge is -2.22. The summed E-state index contributed by atoms with van der Waals surface area (Å²) < 4.78 is 6.26. The number of ether oxygens (including phenoxy) is 1. The van der Waals surface area contributed by atoms with Crippen molar-refractivity contribution in [1.29, 1.82) is 0 Å². The summed E-state index contributed by atoms with van der Waals surface area (Å²) in [4.78, 5) is 24.5. The number of carbonyl (C=O) groups is 1. The van der Waals surface area contributed by atoms with Gasteiger partial charge < -0.3 is 15.0 Å². The Bertz CT molecular complexity index is 884. The number of hydrogen-bond acceptors (Lipinski definition) is 5. The van der Waals surface area contributed by atoms with Crippen LogP contribution < -0.4 is 15.0 Å². The molecule has 0 atom stereocenters. The summed E-state index contributed by atoms with van der Waals surface area (Å²) in [6.45, 7) is 1.02. The molecule has 0 radical (unpaired) electrons. The third-order valence-electron chi connectivity index (χ3n) is 4.14. The molecule has 0 saturated heterocycles. The quantitative estimate of drug-likeness (QED) is 0.629. The van der Waals surface area contributed by atoms with E-state index in [0.29, 0.717) is 30.2 Å². The molecule has 122 valence electrons. The summed E-state index contributed by atoms with van der Waals surface area (Å²) in [5.74, 6) is 0.0560. The van der Waals surface area contributed by atoms with Crippen molar-refractivity contribution in [2.75, 3.05) is 16.8 Å². The zero-order valence-electron chi connectivity index (χ0n) is 12.4. The molecule has 0 aliphatic carbocycles. The third-order valence-corrected chi connectivity index (χ3v) is 4.63. The predicted molar refractivity (Wildman–Crippen MR) is 91.3 cm³/mol. The van der Waals surface area contributed by atoms with Crippen LogP contribution in [0.15, 0.2) is 34.8 Å². The number of anilines is 2. The van der Waals surface area contributed by atoms with Crippen LogP contribution in [-0.2, 0) is 17.9 Å². The Morgan fingerprint density at radius 2 is 2.00 bits per heavy atom. The summed E-state index contributed by atoms with van der Waals surface area (Å²) >= 11 is 3.44. The molecule has 2 aliphatic rings. The first-order valence-electron chi connectivity index (χ1n) is 7.28. The van der Waals surface area contributed by atoms with Crippen LogP contribution in [0.25, 0.3) is 0 Å². The number of nitrogens with zero attached hydrogens (tertiary/aromatic N) is 2. The summed E-state index contributed by atoms with van der Waals surface area (Å²) in [6, 6.07) is 8.98. The Morgan fingerprint density at radius 1 is 1.21 bits per heavy atom. The van der Waals surface area contributed by atoms with Crippen molar-refractivity contribution in [3.63, 3.8) is 0 Å². The molecule has 0 spiro atoms. The molecule has 0 unspecified atom stereocenters. The highest BCUT2D eigenvalue weighted by molar-refractivity contribution is 9.10. The molecule has 4 rings (SSSR count). The van der Waals surface area contributed by atoms with Gasteiger partial charge in [-0.05, 0) is 29.3 Å². The molecule has 2 heterocycles. The second-order valence-corrected chi connectivity index (χ2v) is 6.62. The third kappa shape index (κ3) is 2.48. The van der Waals surface area contributed by atoms with Crippen LogP contribution in [0.3, 0.4) is 0 Å². The van der Waals surface area contributed by atoms with Gasteiger partial charge in [-0.3, -0.25) is 14.9 Å². The molecule has 2 aromatic rings. The monoisotopic (exact) mass is 389 g/mol. The van der Waals surface area contributed by atoms with Gasteiger partial charge in [0.15, 0.2) is 12.4 Å². The van der Waals surface area contributed by atoms with Crippen molar-refractivity contribution in [1.82, 2.24) is 0 Å². The smallest absolute Gasteiger partial charge is 0.296 e. The maximum absolute atomic E-state index is 11.5. The van der Waals surface area contributed by atoms with E-state index in [9.17, 15) is 14.9 Å². The molecule has 2 aliphatic heterocycles. The van der Waals surface area contributed by atoms with Gasteiger partial charge in [-0.25, -0.2) is 0 Å². The fourth-order valence-corrected chi connectivity index (χ4v) is 3.45. The van der Waals surface area contributed by atoms with Crippen molar-refractivity contribution in [3.05, 3.63) is 56.0 Å². The molecule has 8 heteroatoms. The van der Waals surface area contributed by atoms with Gasteiger partial charge in [0, 0.05) is 17.6 Å². The van der Waals surface area contributed by atoms with E-state index in [1.54, 1.807) is 6.07 Å². The van der Waals surface area contributed by atoms with Gasteiger partial charge in [0.1, 0.15) is 5.69 Å². The number of benzene rings is 2. The first kappa shape index (κ1) is 14.9. The molecule has 0 aromatic heterocycles. The largest absolute Gasteiger partial charge is 0.481 e. The normalized spacial score (nSPS) is 15.4. The van der Waals surface area contributed by atoms with Crippen LogP contribution in [0.1, 0.15) is 11.1 Å². The Hall–Kier alpha value is -2.61. The Morgan fingerprint density at radius 3 is 2.79 bits per heavy atom. The van der Waals surface area contributed by atoms with E-state index in [4.69, 9.17) is 4.74 Å². The summed E-state index contributed by atoms with van der Waals surface area (Å²) in [7, 11) is 0. The van der Waals surface area contributed by atoms with E-state index in [0.717, 1.165) is 15.6 Å². The van der Waals surface area contributed by atoms with Gasteiger partial charge >= 0.3 is 0 Å². The molecule has 0 fully saturated rings. The molecule has 1 N–H and O–H groups in total. The minimum atomic E-state index is -0.422.